The molecule has 3 N–H and O–H groups in total. The molecule has 0 radical (unpaired) electrons. The van der Waals surface area contributed by atoms with Crippen LogP contribution in [0, 0.1) is 19.3 Å². The number of nitrogens with zero attached hydrogens (tertiary/aromatic N) is 1. The Hall–Kier alpha value is -1.58. The first-order chi connectivity index (χ1) is 7.95. The zero-order valence-electron chi connectivity index (χ0n) is 11.0. The second-order valence-electron chi connectivity index (χ2n) is 4.35. The lowest BCUT2D eigenvalue weighted by atomic mass is 10.1. The third-order valence-electron chi connectivity index (χ3n) is 2.58. The third kappa shape index (κ3) is 3.44. The van der Waals surface area contributed by atoms with Gasteiger partial charge in [-0.1, -0.05) is 13.3 Å². The standard InChI is InChI=1S/C13H21N3O/c1-5-6-9(3)17-11-7-8(2)16-10(4)12(11)13(14)15/h7,9H,5-6H2,1-4H3,(H3,14,15). The SMILES string of the molecule is CCCC(C)Oc1cc(C)nc(C)c1C(=N)N. The van der Waals surface area contributed by atoms with Crippen molar-refractivity contribution in [3.63, 3.8) is 0 Å². The van der Waals surface area contributed by atoms with E-state index in [-0.39, 0.29) is 11.9 Å². The number of nitrogen functional groups attached to an aromatic ring is 1. The molecule has 94 valence electrons. The van der Waals surface area contributed by atoms with Crippen molar-refractivity contribution in [3.8, 4) is 5.75 Å². The molecule has 1 rings (SSSR count). The molecular formula is C13H21N3O. The summed E-state index contributed by atoms with van der Waals surface area (Å²) in [6.07, 6.45) is 2.18. The number of nitrogens with two attached hydrogens (primary N) is 1. The van der Waals surface area contributed by atoms with E-state index in [1.165, 1.54) is 0 Å². The van der Waals surface area contributed by atoms with E-state index in [4.69, 9.17) is 15.9 Å². The van der Waals surface area contributed by atoms with Crippen molar-refractivity contribution >= 4 is 5.84 Å². The van der Waals surface area contributed by atoms with Crippen molar-refractivity contribution < 1.29 is 4.74 Å². The quantitative estimate of drug-likeness (QED) is 0.608. The molecule has 1 heterocycles. The molecule has 0 spiro atoms. The lowest BCUT2D eigenvalue weighted by Crippen LogP contribution is -2.19. The third-order valence-corrected chi connectivity index (χ3v) is 2.58. The van der Waals surface area contributed by atoms with Gasteiger partial charge in [-0.3, -0.25) is 10.4 Å². The van der Waals surface area contributed by atoms with Gasteiger partial charge in [0.2, 0.25) is 0 Å². The smallest absolute Gasteiger partial charge is 0.134 e. The van der Waals surface area contributed by atoms with Crippen molar-refractivity contribution in [2.45, 2.75) is 46.6 Å². The number of ether oxygens (including phenoxy) is 1. The largest absolute Gasteiger partial charge is 0.490 e. The van der Waals surface area contributed by atoms with Crippen molar-refractivity contribution in [1.82, 2.24) is 4.98 Å². The highest BCUT2D eigenvalue weighted by Gasteiger charge is 2.14. The van der Waals surface area contributed by atoms with Gasteiger partial charge >= 0.3 is 0 Å². The summed E-state index contributed by atoms with van der Waals surface area (Å²) >= 11 is 0. The number of hydrogen-bond donors (Lipinski definition) is 2. The lowest BCUT2D eigenvalue weighted by Gasteiger charge is -2.18. The van der Waals surface area contributed by atoms with E-state index in [0.29, 0.717) is 11.3 Å². The minimum absolute atomic E-state index is 0.00805. The van der Waals surface area contributed by atoms with Crippen LogP contribution >= 0.6 is 0 Å². The van der Waals surface area contributed by atoms with Crippen LogP contribution in [-0.4, -0.2) is 16.9 Å². The van der Waals surface area contributed by atoms with Gasteiger partial charge in [0.15, 0.2) is 0 Å². The molecular weight excluding hydrogens is 214 g/mol. The van der Waals surface area contributed by atoms with Crippen LogP contribution in [0.25, 0.3) is 0 Å². The highest BCUT2D eigenvalue weighted by atomic mass is 16.5. The fourth-order valence-electron chi connectivity index (χ4n) is 1.90. The Morgan fingerprint density at radius 1 is 1.53 bits per heavy atom. The summed E-state index contributed by atoms with van der Waals surface area (Å²) in [5.41, 5.74) is 7.82. The van der Waals surface area contributed by atoms with E-state index in [9.17, 15) is 0 Å². The van der Waals surface area contributed by atoms with Gasteiger partial charge in [-0.25, -0.2) is 0 Å². The molecule has 1 unspecified atom stereocenters. The van der Waals surface area contributed by atoms with Gasteiger partial charge in [-0.05, 0) is 27.2 Å². The van der Waals surface area contributed by atoms with Crippen molar-refractivity contribution in [2.24, 2.45) is 5.73 Å². The lowest BCUT2D eigenvalue weighted by molar-refractivity contribution is 0.209. The molecule has 0 fully saturated rings. The topological polar surface area (TPSA) is 72.0 Å². The molecule has 17 heavy (non-hydrogen) atoms. The Labute approximate surface area is 103 Å². The van der Waals surface area contributed by atoms with Crippen LogP contribution in [0.2, 0.25) is 0 Å². The molecule has 1 atom stereocenters. The predicted octanol–water partition coefficient (Wildman–Crippen LogP) is 2.55. The molecule has 0 bridgehead atoms. The van der Waals surface area contributed by atoms with Crippen LogP contribution in [0.5, 0.6) is 5.75 Å². The van der Waals surface area contributed by atoms with Gasteiger partial charge < -0.3 is 10.5 Å². The van der Waals surface area contributed by atoms with Gasteiger partial charge in [-0.2, -0.15) is 0 Å². The van der Waals surface area contributed by atoms with Crippen LogP contribution in [-0.2, 0) is 0 Å². The molecule has 4 heteroatoms. The fourth-order valence-corrected chi connectivity index (χ4v) is 1.90. The number of amidine groups is 1. The molecule has 1 aromatic rings. The number of nitrogens with one attached hydrogen (secondary N) is 1. The normalized spacial score (nSPS) is 12.2. The second kappa shape index (κ2) is 5.66. The second-order valence-corrected chi connectivity index (χ2v) is 4.35. The van der Waals surface area contributed by atoms with Crippen molar-refractivity contribution in [3.05, 3.63) is 23.0 Å². The summed E-state index contributed by atoms with van der Waals surface area (Å²) in [4.78, 5) is 4.31. The number of rotatable bonds is 5. The zero-order chi connectivity index (χ0) is 13.0. The molecule has 0 aliphatic carbocycles. The van der Waals surface area contributed by atoms with E-state index in [2.05, 4.69) is 11.9 Å². The number of hydrogen-bond acceptors (Lipinski definition) is 3. The molecule has 0 aliphatic rings. The van der Waals surface area contributed by atoms with E-state index in [0.717, 1.165) is 24.2 Å². The van der Waals surface area contributed by atoms with E-state index >= 15 is 0 Å². The van der Waals surface area contributed by atoms with Crippen LogP contribution in [0.4, 0.5) is 0 Å². The first-order valence-corrected chi connectivity index (χ1v) is 5.95. The van der Waals surface area contributed by atoms with Gasteiger partial charge in [0.25, 0.3) is 0 Å². The number of aryl methyl sites for hydroxylation is 2. The van der Waals surface area contributed by atoms with Crippen LogP contribution in [0.15, 0.2) is 6.07 Å². The fraction of sp³-hybridized carbons (Fsp3) is 0.538. The maximum atomic E-state index is 7.59. The minimum Gasteiger partial charge on any atom is -0.490 e. The summed E-state index contributed by atoms with van der Waals surface area (Å²) in [5.74, 6) is 0.678. The van der Waals surface area contributed by atoms with Gasteiger partial charge in [0.1, 0.15) is 11.6 Å². The first-order valence-electron chi connectivity index (χ1n) is 5.95. The Kier molecular flexibility index (Phi) is 4.49. The Morgan fingerprint density at radius 3 is 2.71 bits per heavy atom. The summed E-state index contributed by atoms with van der Waals surface area (Å²) in [7, 11) is 0. The van der Waals surface area contributed by atoms with E-state index < -0.39 is 0 Å². The zero-order valence-corrected chi connectivity index (χ0v) is 11.0. The average Bonchev–Trinajstić information content (AvgIpc) is 2.15. The molecule has 4 nitrogen and oxygen atoms in total. The molecule has 0 saturated carbocycles. The minimum atomic E-state index is 0.00805. The predicted molar refractivity (Wildman–Crippen MR) is 69.7 cm³/mol. The number of aromatic nitrogens is 1. The highest BCUT2D eigenvalue weighted by molar-refractivity contribution is 5.98. The monoisotopic (exact) mass is 235 g/mol. The molecule has 1 aromatic heterocycles. The van der Waals surface area contributed by atoms with Gasteiger partial charge in [0.05, 0.1) is 17.4 Å². The maximum Gasteiger partial charge on any atom is 0.134 e. The Morgan fingerprint density at radius 2 is 2.18 bits per heavy atom. The molecule has 0 amide bonds. The van der Waals surface area contributed by atoms with Crippen molar-refractivity contribution in [2.75, 3.05) is 0 Å². The van der Waals surface area contributed by atoms with Gasteiger partial charge in [0, 0.05) is 11.8 Å². The van der Waals surface area contributed by atoms with E-state index in [1.54, 1.807) is 0 Å². The molecule has 0 saturated heterocycles. The van der Waals surface area contributed by atoms with Crippen LogP contribution in [0.3, 0.4) is 0 Å². The first kappa shape index (κ1) is 13.5. The van der Waals surface area contributed by atoms with Crippen molar-refractivity contribution in [1.29, 1.82) is 5.41 Å². The summed E-state index contributed by atoms with van der Waals surface area (Å²) in [6, 6.07) is 1.84. The highest BCUT2D eigenvalue weighted by Crippen LogP contribution is 2.23. The maximum absolute atomic E-state index is 7.59. The van der Waals surface area contributed by atoms with Gasteiger partial charge in [-0.15, -0.1) is 0 Å². The molecule has 0 aromatic carbocycles. The Balaban J connectivity index is 3.08. The average molecular weight is 235 g/mol. The Bertz CT molecular complexity index is 415. The summed E-state index contributed by atoms with van der Waals surface area (Å²) < 4.78 is 5.85. The van der Waals surface area contributed by atoms with E-state index in [1.807, 2.05) is 26.8 Å². The molecule has 0 aliphatic heterocycles. The summed E-state index contributed by atoms with van der Waals surface area (Å²) in [6.45, 7) is 7.91. The number of pyridine rings is 1. The van der Waals surface area contributed by atoms with Crippen LogP contribution < -0.4 is 10.5 Å². The van der Waals surface area contributed by atoms with Crippen LogP contribution in [0.1, 0.15) is 43.6 Å². The summed E-state index contributed by atoms with van der Waals surface area (Å²) in [5, 5.41) is 7.59.